The summed E-state index contributed by atoms with van der Waals surface area (Å²) in [6.45, 7) is 4.23. The maximum atomic E-state index is 6.07. The van der Waals surface area contributed by atoms with E-state index in [-0.39, 0.29) is 0 Å². The van der Waals surface area contributed by atoms with Crippen LogP contribution in [0, 0.1) is 5.92 Å². The fraction of sp³-hybridized carbons (Fsp3) is 0.214. The summed E-state index contributed by atoms with van der Waals surface area (Å²) in [5.74, 6) is 1.36. The minimum absolute atomic E-state index is 0.806. The van der Waals surface area contributed by atoms with Gasteiger partial charge < -0.3 is 5.73 Å². The molecule has 0 saturated carbocycles. The van der Waals surface area contributed by atoms with Crippen molar-refractivity contribution in [2.45, 2.75) is 20.3 Å². The van der Waals surface area contributed by atoms with Gasteiger partial charge in [-0.1, -0.05) is 37.6 Å². The van der Waals surface area contributed by atoms with Crippen molar-refractivity contribution in [3.8, 4) is 10.4 Å². The summed E-state index contributed by atoms with van der Waals surface area (Å²) < 4.78 is 0.806. The van der Waals surface area contributed by atoms with Gasteiger partial charge in [-0.2, -0.15) is 0 Å². The van der Waals surface area contributed by atoms with Crippen LogP contribution in [0.3, 0.4) is 0 Å². The van der Waals surface area contributed by atoms with Gasteiger partial charge in [-0.25, -0.2) is 0 Å². The van der Waals surface area contributed by atoms with Gasteiger partial charge in [-0.15, -0.1) is 11.3 Å². The highest BCUT2D eigenvalue weighted by atomic mass is 35.5. The predicted molar refractivity (Wildman–Crippen MR) is 77.5 cm³/mol. The van der Waals surface area contributed by atoms with Gasteiger partial charge in [0, 0.05) is 10.6 Å². The molecule has 0 aliphatic rings. The van der Waals surface area contributed by atoms with Gasteiger partial charge in [-0.3, -0.25) is 0 Å². The second kappa shape index (κ2) is 5.11. The molecular weight excluding hydrogens is 250 g/mol. The summed E-state index contributed by atoms with van der Waals surface area (Å²) in [4.78, 5) is 1.16. The van der Waals surface area contributed by atoms with Gasteiger partial charge >= 0.3 is 0 Å². The summed E-state index contributed by atoms with van der Waals surface area (Å²) in [5, 5.41) is 0. The zero-order valence-corrected chi connectivity index (χ0v) is 11.5. The first-order valence-electron chi connectivity index (χ1n) is 5.49. The first-order valence-corrected chi connectivity index (χ1v) is 6.69. The molecule has 1 aromatic carbocycles. The molecule has 0 aliphatic heterocycles. The fourth-order valence-electron chi connectivity index (χ4n) is 1.76. The van der Waals surface area contributed by atoms with Crippen LogP contribution in [0.5, 0.6) is 0 Å². The third-order valence-corrected chi connectivity index (χ3v) is 3.83. The molecule has 2 aromatic rings. The van der Waals surface area contributed by atoms with Gasteiger partial charge in [0.05, 0.1) is 4.34 Å². The molecule has 0 atom stereocenters. The summed E-state index contributed by atoms with van der Waals surface area (Å²) in [6, 6.07) is 10.2. The maximum Gasteiger partial charge on any atom is 0.0934 e. The zero-order chi connectivity index (χ0) is 12.4. The van der Waals surface area contributed by atoms with E-state index in [2.05, 4.69) is 26.0 Å². The molecule has 0 bridgehead atoms. The van der Waals surface area contributed by atoms with E-state index in [4.69, 9.17) is 17.3 Å². The van der Waals surface area contributed by atoms with E-state index < -0.39 is 0 Å². The molecule has 3 heteroatoms. The van der Waals surface area contributed by atoms with Gasteiger partial charge in [0.25, 0.3) is 0 Å². The Kier molecular flexibility index (Phi) is 3.75. The Hall–Kier alpha value is -0.990. The number of hydrogen-bond donors (Lipinski definition) is 1. The van der Waals surface area contributed by atoms with Crippen LogP contribution in [0.2, 0.25) is 4.34 Å². The first kappa shape index (κ1) is 12.5. The van der Waals surface area contributed by atoms with Crippen LogP contribution in [0.1, 0.15) is 19.4 Å². The van der Waals surface area contributed by atoms with Gasteiger partial charge in [0.2, 0.25) is 0 Å². The fourth-order valence-corrected chi connectivity index (χ4v) is 2.80. The monoisotopic (exact) mass is 264 g/mol. The molecule has 2 N–H and O–H groups in total. The van der Waals surface area contributed by atoms with Crippen molar-refractivity contribution in [3.63, 3.8) is 0 Å². The van der Waals surface area contributed by atoms with E-state index in [9.17, 15) is 0 Å². The first-order chi connectivity index (χ1) is 8.06. The molecule has 0 saturated heterocycles. The quantitative estimate of drug-likeness (QED) is 0.791. The molecule has 0 aliphatic carbocycles. The lowest BCUT2D eigenvalue weighted by Gasteiger charge is -2.09. The standard InChI is InChI=1S/C14H15ClNS/c1-9(2)7-10-3-4-11(8-12(10)16)13-5-6-14(15)17-13/h3-6,8H,7,16H2,1-2H3. The minimum atomic E-state index is 0.806. The maximum absolute atomic E-state index is 6.07. The van der Waals surface area contributed by atoms with Crippen LogP contribution < -0.4 is 5.73 Å². The van der Waals surface area contributed by atoms with Crippen LogP contribution in [-0.2, 0) is 6.42 Å². The van der Waals surface area contributed by atoms with Crippen molar-refractivity contribution < 1.29 is 0 Å². The predicted octanol–water partition coefficient (Wildman–Crippen LogP) is 4.81. The van der Waals surface area contributed by atoms with Crippen LogP contribution in [-0.4, -0.2) is 0 Å². The van der Waals surface area contributed by atoms with Gasteiger partial charge in [-0.05, 0) is 41.7 Å². The van der Waals surface area contributed by atoms with E-state index in [1.165, 1.54) is 11.5 Å². The highest BCUT2D eigenvalue weighted by Gasteiger charge is 2.06. The third kappa shape index (κ3) is 3.02. The van der Waals surface area contributed by atoms with E-state index in [1.807, 2.05) is 18.2 Å². The molecule has 0 unspecified atom stereocenters. The van der Waals surface area contributed by atoms with Crippen LogP contribution in [0.15, 0.2) is 30.3 Å². The normalized spacial score (nSPS) is 11.1. The molecule has 0 fully saturated rings. The smallest absolute Gasteiger partial charge is 0.0934 e. The van der Waals surface area contributed by atoms with E-state index in [0.717, 1.165) is 26.9 Å². The van der Waals surface area contributed by atoms with Crippen LogP contribution in [0.25, 0.3) is 10.4 Å². The van der Waals surface area contributed by atoms with Crippen LogP contribution >= 0.6 is 22.9 Å². The molecule has 1 aromatic heterocycles. The number of hydrogen-bond acceptors (Lipinski definition) is 2. The summed E-state index contributed by atoms with van der Waals surface area (Å²) >= 11 is 7.51. The van der Waals surface area contributed by atoms with Crippen molar-refractivity contribution >= 4 is 28.6 Å². The number of nitrogen functional groups attached to an aromatic ring is 1. The summed E-state index contributed by atoms with van der Waals surface area (Å²) in [5.41, 5.74) is 9.25. The Morgan fingerprint density at radius 3 is 2.53 bits per heavy atom. The average Bonchev–Trinajstić information content (AvgIpc) is 2.67. The van der Waals surface area contributed by atoms with E-state index >= 15 is 0 Å². The second-order valence-corrected chi connectivity index (χ2v) is 6.12. The average molecular weight is 265 g/mol. The van der Waals surface area contributed by atoms with Crippen molar-refractivity contribution in [3.05, 3.63) is 46.1 Å². The molecule has 17 heavy (non-hydrogen) atoms. The second-order valence-electron chi connectivity index (χ2n) is 4.40. The molecule has 89 valence electrons. The highest BCUT2D eigenvalue weighted by Crippen LogP contribution is 2.33. The Morgan fingerprint density at radius 1 is 1.24 bits per heavy atom. The molecule has 2 rings (SSSR count). The van der Waals surface area contributed by atoms with Crippen molar-refractivity contribution in [1.29, 1.82) is 0 Å². The summed E-state index contributed by atoms with van der Waals surface area (Å²) in [7, 11) is 0. The van der Waals surface area contributed by atoms with Crippen molar-refractivity contribution in [2.24, 2.45) is 0 Å². The largest absolute Gasteiger partial charge is 0.398 e. The SMILES string of the molecule is C[C](C)Cc1ccc(-c2ccc(Cl)s2)cc1N. The molecule has 1 radical (unpaired) electrons. The van der Waals surface area contributed by atoms with Crippen LogP contribution in [0.4, 0.5) is 5.69 Å². The van der Waals surface area contributed by atoms with E-state index in [0.29, 0.717) is 0 Å². The lowest BCUT2D eigenvalue weighted by Crippen LogP contribution is -1.98. The Balaban J connectivity index is 2.30. The van der Waals surface area contributed by atoms with Gasteiger partial charge in [0.15, 0.2) is 0 Å². The number of halogens is 1. The highest BCUT2D eigenvalue weighted by molar-refractivity contribution is 7.19. The molecule has 0 spiro atoms. The van der Waals surface area contributed by atoms with Crippen molar-refractivity contribution in [1.82, 2.24) is 0 Å². The topological polar surface area (TPSA) is 26.0 Å². The molecule has 1 heterocycles. The Morgan fingerprint density at radius 2 is 2.00 bits per heavy atom. The zero-order valence-electron chi connectivity index (χ0n) is 9.96. The molecule has 0 amide bonds. The number of rotatable bonds is 3. The van der Waals surface area contributed by atoms with Crippen molar-refractivity contribution in [2.75, 3.05) is 5.73 Å². The number of benzene rings is 1. The lowest BCUT2D eigenvalue weighted by molar-refractivity contribution is 0.959. The lowest BCUT2D eigenvalue weighted by atomic mass is 9.99. The Labute approximate surface area is 111 Å². The third-order valence-electron chi connectivity index (χ3n) is 2.55. The molecular formula is C14H15ClNS. The van der Waals surface area contributed by atoms with E-state index in [1.54, 1.807) is 11.3 Å². The number of nitrogens with two attached hydrogens (primary N) is 1. The number of anilines is 1. The Bertz CT molecular complexity index is 517. The van der Waals surface area contributed by atoms with Gasteiger partial charge in [0.1, 0.15) is 0 Å². The summed E-state index contributed by atoms with van der Waals surface area (Å²) in [6.07, 6.45) is 0.942. The minimum Gasteiger partial charge on any atom is -0.398 e. The molecule has 1 nitrogen and oxygen atoms in total. The number of thiophene rings is 1.